The monoisotopic (exact) mass is 342 g/mol. The number of carbonyl (C=O) groups is 2. The number of aromatic nitrogens is 1. The molecule has 0 radical (unpaired) electrons. The van der Waals surface area contributed by atoms with Crippen LogP contribution in [0.1, 0.15) is 24.0 Å². The Morgan fingerprint density at radius 3 is 2.62 bits per heavy atom. The first-order valence-corrected chi connectivity index (χ1v) is 8.88. The number of carbonyl (C=O) groups excluding carboxylic acids is 2. The van der Waals surface area contributed by atoms with Crippen LogP contribution in [0.15, 0.2) is 60.3 Å². The van der Waals surface area contributed by atoms with Crippen LogP contribution in [0.3, 0.4) is 0 Å². The quantitative estimate of drug-likeness (QED) is 0.694. The molecule has 0 saturated carbocycles. The SMILES string of the molecule is CC1C(=O)C(c2c[nH]c3ccccc23)=C(C2CNc3ccccc32)C1=O. The molecule has 1 aromatic heterocycles. The second-order valence-electron chi connectivity index (χ2n) is 7.01. The van der Waals surface area contributed by atoms with Gasteiger partial charge in [0.1, 0.15) is 0 Å². The van der Waals surface area contributed by atoms with Crippen molar-refractivity contribution < 1.29 is 9.59 Å². The Morgan fingerprint density at radius 1 is 0.962 bits per heavy atom. The molecule has 1 aliphatic carbocycles. The number of Topliss-reactive ketones (excluding diaryl/α,β-unsaturated/α-hetero) is 2. The van der Waals surface area contributed by atoms with Crippen molar-refractivity contribution in [2.75, 3.05) is 11.9 Å². The first kappa shape index (κ1) is 15.1. The van der Waals surface area contributed by atoms with E-state index in [1.807, 2.05) is 54.7 Å². The molecule has 0 saturated heterocycles. The van der Waals surface area contributed by atoms with Gasteiger partial charge in [0, 0.05) is 52.0 Å². The molecule has 4 heteroatoms. The second kappa shape index (κ2) is 5.43. The van der Waals surface area contributed by atoms with Crippen molar-refractivity contribution >= 4 is 33.7 Å². The summed E-state index contributed by atoms with van der Waals surface area (Å²) >= 11 is 0. The molecule has 2 heterocycles. The van der Waals surface area contributed by atoms with Crippen LogP contribution in [0, 0.1) is 5.92 Å². The van der Waals surface area contributed by atoms with Gasteiger partial charge in [0.2, 0.25) is 0 Å². The molecule has 2 unspecified atom stereocenters. The number of fused-ring (bicyclic) bond motifs is 2. The van der Waals surface area contributed by atoms with E-state index in [4.69, 9.17) is 0 Å². The third-order valence-electron chi connectivity index (χ3n) is 5.61. The maximum absolute atomic E-state index is 13.0. The third kappa shape index (κ3) is 1.96. The molecule has 0 amide bonds. The second-order valence-corrected chi connectivity index (χ2v) is 7.01. The van der Waals surface area contributed by atoms with E-state index in [1.165, 1.54) is 0 Å². The Morgan fingerprint density at radius 2 is 1.73 bits per heavy atom. The number of aromatic amines is 1. The Hall–Kier alpha value is -3.14. The lowest BCUT2D eigenvalue weighted by Crippen LogP contribution is -2.16. The highest BCUT2D eigenvalue weighted by atomic mass is 16.2. The number of nitrogens with one attached hydrogen (secondary N) is 2. The average molecular weight is 342 g/mol. The average Bonchev–Trinajstić information content (AvgIpc) is 3.33. The zero-order chi connectivity index (χ0) is 17.8. The molecule has 0 bridgehead atoms. The van der Waals surface area contributed by atoms with Crippen LogP contribution in [0.25, 0.3) is 16.5 Å². The van der Waals surface area contributed by atoms with Crippen molar-refractivity contribution in [2.24, 2.45) is 5.92 Å². The first-order valence-electron chi connectivity index (χ1n) is 8.88. The number of rotatable bonds is 2. The smallest absolute Gasteiger partial charge is 0.174 e. The molecule has 2 aromatic carbocycles. The molecular weight excluding hydrogens is 324 g/mol. The lowest BCUT2D eigenvalue weighted by molar-refractivity contribution is -0.125. The summed E-state index contributed by atoms with van der Waals surface area (Å²) in [5, 5.41) is 4.36. The standard InChI is InChI=1S/C22H18N2O2/c1-12-21(25)19(15-10-23-17-8-4-2-6-13(15)17)20(22(12)26)16-11-24-18-9-5-3-7-14(16)18/h2-10,12,16,23-24H,11H2,1H3. The normalized spacial score (nSPS) is 22.2. The van der Waals surface area contributed by atoms with E-state index in [0.29, 0.717) is 17.7 Å². The van der Waals surface area contributed by atoms with Crippen LogP contribution in [0.2, 0.25) is 0 Å². The highest BCUT2D eigenvalue weighted by Gasteiger charge is 2.44. The van der Waals surface area contributed by atoms with E-state index in [-0.39, 0.29) is 17.5 Å². The molecule has 2 atom stereocenters. The van der Waals surface area contributed by atoms with Crippen molar-refractivity contribution in [1.29, 1.82) is 0 Å². The minimum Gasteiger partial charge on any atom is -0.384 e. The van der Waals surface area contributed by atoms with Crippen molar-refractivity contribution in [1.82, 2.24) is 4.98 Å². The summed E-state index contributed by atoms with van der Waals surface area (Å²) in [5.74, 6) is -0.810. The molecule has 0 spiro atoms. The number of H-pyrrole nitrogens is 1. The molecule has 26 heavy (non-hydrogen) atoms. The summed E-state index contributed by atoms with van der Waals surface area (Å²) < 4.78 is 0. The van der Waals surface area contributed by atoms with E-state index in [0.717, 1.165) is 27.7 Å². The maximum atomic E-state index is 13.0. The summed E-state index contributed by atoms with van der Waals surface area (Å²) in [7, 11) is 0. The fourth-order valence-electron chi connectivity index (χ4n) is 4.27. The molecule has 2 aliphatic rings. The minimum atomic E-state index is -0.610. The summed E-state index contributed by atoms with van der Waals surface area (Å²) in [6.07, 6.45) is 1.86. The Kier molecular flexibility index (Phi) is 3.16. The van der Waals surface area contributed by atoms with Crippen molar-refractivity contribution in [3.8, 4) is 0 Å². The largest absolute Gasteiger partial charge is 0.384 e. The molecule has 0 fully saturated rings. The van der Waals surface area contributed by atoms with Crippen molar-refractivity contribution in [2.45, 2.75) is 12.8 Å². The molecule has 4 nitrogen and oxygen atoms in total. The van der Waals surface area contributed by atoms with Gasteiger partial charge in [0.05, 0.1) is 5.92 Å². The predicted molar refractivity (Wildman–Crippen MR) is 102 cm³/mol. The number of hydrogen-bond donors (Lipinski definition) is 2. The van der Waals surface area contributed by atoms with Crippen molar-refractivity contribution in [3.05, 3.63) is 71.4 Å². The number of hydrogen-bond acceptors (Lipinski definition) is 3. The van der Waals surface area contributed by atoms with Gasteiger partial charge >= 0.3 is 0 Å². The van der Waals surface area contributed by atoms with Crippen LogP contribution in [0.4, 0.5) is 5.69 Å². The highest BCUT2D eigenvalue weighted by molar-refractivity contribution is 6.41. The van der Waals surface area contributed by atoms with Gasteiger partial charge in [-0.25, -0.2) is 0 Å². The first-order chi connectivity index (χ1) is 12.7. The minimum absolute atomic E-state index is 0.0428. The predicted octanol–water partition coefficient (Wildman–Crippen LogP) is 3.92. The Bertz CT molecular complexity index is 1110. The Labute approximate surface area is 150 Å². The topological polar surface area (TPSA) is 62.0 Å². The third-order valence-corrected chi connectivity index (χ3v) is 5.61. The number of para-hydroxylation sites is 2. The lowest BCUT2D eigenvalue weighted by Gasteiger charge is -2.13. The van der Waals surface area contributed by atoms with E-state index in [2.05, 4.69) is 10.3 Å². The zero-order valence-electron chi connectivity index (χ0n) is 14.4. The lowest BCUT2D eigenvalue weighted by atomic mass is 9.87. The number of anilines is 1. The van der Waals surface area contributed by atoms with Gasteiger partial charge in [-0.15, -0.1) is 0 Å². The van der Waals surface area contributed by atoms with Crippen LogP contribution in [0.5, 0.6) is 0 Å². The molecule has 128 valence electrons. The van der Waals surface area contributed by atoms with Gasteiger partial charge in [0.15, 0.2) is 11.6 Å². The zero-order valence-corrected chi connectivity index (χ0v) is 14.4. The van der Waals surface area contributed by atoms with Gasteiger partial charge in [0.25, 0.3) is 0 Å². The van der Waals surface area contributed by atoms with E-state index in [9.17, 15) is 9.59 Å². The highest BCUT2D eigenvalue weighted by Crippen LogP contribution is 2.45. The number of ketones is 2. The van der Waals surface area contributed by atoms with Gasteiger partial charge in [-0.2, -0.15) is 0 Å². The van der Waals surface area contributed by atoms with Gasteiger partial charge < -0.3 is 10.3 Å². The van der Waals surface area contributed by atoms with E-state index >= 15 is 0 Å². The van der Waals surface area contributed by atoms with E-state index < -0.39 is 5.92 Å². The van der Waals surface area contributed by atoms with Gasteiger partial charge in [-0.1, -0.05) is 36.4 Å². The molecule has 1 aliphatic heterocycles. The van der Waals surface area contributed by atoms with Crippen LogP contribution < -0.4 is 5.32 Å². The summed E-state index contributed by atoms with van der Waals surface area (Å²) in [6, 6.07) is 15.9. The molecule has 5 rings (SSSR count). The van der Waals surface area contributed by atoms with Crippen molar-refractivity contribution in [3.63, 3.8) is 0 Å². The summed E-state index contributed by atoms with van der Waals surface area (Å²) in [6.45, 7) is 2.37. The molecule has 3 aromatic rings. The van der Waals surface area contributed by atoms with E-state index in [1.54, 1.807) is 6.92 Å². The molecule has 2 N–H and O–H groups in total. The van der Waals surface area contributed by atoms with Crippen LogP contribution >= 0.6 is 0 Å². The Balaban J connectivity index is 1.77. The van der Waals surface area contributed by atoms with Crippen LogP contribution in [-0.2, 0) is 9.59 Å². The number of benzene rings is 2. The summed E-state index contributed by atoms with van der Waals surface area (Å²) in [4.78, 5) is 29.3. The number of allylic oxidation sites excluding steroid dienone is 1. The molecular formula is C22H18N2O2. The van der Waals surface area contributed by atoms with Gasteiger partial charge in [-0.3, -0.25) is 9.59 Å². The fraction of sp³-hybridized carbons (Fsp3) is 0.182. The van der Waals surface area contributed by atoms with Gasteiger partial charge in [-0.05, 0) is 24.6 Å². The summed E-state index contributed by atoms with van der Waals surface area (Å²) in [5.41, 5.74) is 5.19. The maximum Gasteiger partial charge on any atom is 0.174 e. The fourth-order valence-corrected chi connectivity index (χ4v) is 4.27. The van der Waals surface area contributed by atoms with Crippen LogP contribution in [-0.4, -0.2) is 23.1 Å².